The maximum atomic E-state index is 4.78. The maximum absolute atomic E-state index is 4.78. The number of aliphatic imine (C=N–C) groups is 1. The Morgan fingerprint density at radius 1 is 0.759 bits per heavy atom. The van der Waals surface area contributed by atoms with Crippen LogP contribution in [-0.4, -0.2) is 5.71 Å². The second-order valence-corrected chi connectivity index (χ2v) is 6.74. The molecule has 0 saturated carbocycles. The monoisotopic (exact) mass is 375 g/mol. The Kier molecular flexibility index (Phi) is 6.55. The van der Waals surface area contributed by atoms with E-state index in [0.717, 1.165) is 44.8 Å². The number of nitrogens with zero attached hydrogens (tertiary/aromatic N) is 1. The highest BCUT2D eigenvalue weighted by molar-refractivity contribution is 6.03. The molecule has 0 fully saturated rings. The molecule has 0 bridgehead atoms. The van der Waals surface area contributed by atoms with Crippen LogP contribution in [0.15, 0.2) is 122 Å². The topological polar surface area (TPSA) is 12.4 Å². The van der Waals surface area contributed by atoms with Crippen molar-refractivity contribution in [1.29, 1.82) is 0 Å². The molecule has 0 atom stereocenters. The molecule has 0 amide bonds. The summed E-state index contributed by atoms with van der Waals surface area (Å²) in [5, 5.41) is 0. The van der Waals surface area contributed by atoms with Crippen LogP contribution in [0.5, 0.6) is 0 Å². The van der Waals surface area contributed by atoms with Crippen molar-refractivity contribution in [3.05, 3.63) is 134 Å². The average molecular weight is 376 g/mol. The summed E-state index contributed by atoms with van der Waals surface area (Å²) in [6.45, 7) is 14.0. The van der Waals surface area contributed by atoms with Gasteiger partial charge in [-0.2, -0.15) is 0 Å². The summed E-state index contributed by atoms with van der Waals surface area (Å²) in [6.07, 6.45) is 5.60. The first-order valence-electron chi connectivity index (χ1n) is 9.58. The van der Waals surface area contributed by atoms with Crippen molar-refractivity contribution in [2.45, 2.75) is 6.92 Å². The van der Waals surface area contributed by atoms with Crippen LogP contribution in [0, 0.1) is 0 Å². The molecule has 3 rings (SSSR count). The molecule has 29 heavy (non-hydrogen) atoms. The van der Waals surface area contributed by atoms with Gasteiger partial charge in [-0.15, -0.1) is 0 Å². The minimum absolute atomic E-state index is 0.750. The summed E-state index contributed by atoms with van der Waals surface area (Å²) < 4.78 is 0. The minimum Gasteiger partial charge on any atom is -0.253 e. The van der Waals surface area contributed by atoms with Gasteiger partial charge in [-0.1, -0.05) is 98.6 Å². The molecule has 0 aliphatic rings. The number of hydrogen-bond acceptors (Lipinski definition) is 1. The highest BCUT2D eigenvalue weighted by Crippen LogP contribution is 2.27. The molecular weight excluding hydrogens is 350 g/mol. The van der Waals surface area contributed by atoms with Crippen LogP contribution in [0.25, 0.3) is 22.4 Å². The van der Waals surface area contributed by atoms with Crippen LogP contribution in [0.3, 0.4) is 0 Å². The average Bonchev–Trinajstić information content (AvgIpc) is 2.78. The zero-order chi connectivity index (χ0) is 20.6. The van der Waals surface area contributed by atoms with Crippen molar-refractivity contribution in [1.82, 2.24) is 0 Å². The predicted molar refractivity (Wildman–Crippen MR) is 128 cm³/mol. The third-order valence-corrected chi connectivity index (χ3v) is 4.72. The molecule has 3 aromatic carbocycles. The van der Waals surface area contributed by atoms with Gasteiger partial charge in [0.2, 0.25) is 0 Å². The van der Waals surface area contributed by atoms with E-state index >= 15 is 0 Å². The second kappa shape index (κ2) is 9.48. The molecule has 0 aromatic heterocycles. The summed E-state index contributed by atoms with van der Waals surface area (Å²) in [5.74, 6) is 0. The van der Waals surface area contributed by atoms with Crippen molar-refractivity contribution in [2.24, 2.45) is 4.99 Å². The molecular formula is C28H25N. The van der Waals surface area contributed by atoms with Gasteiger partial charge in [0.25, 0.3) is 0 Å². The Bertz CT molecular complexity index is 1080. The fourth-order valence-electron chi connectivity index (χ4n) is 3.17. The standard InChI is InChI=1S/C28H25N/c1-5-13-23(6-2)27-18-26(19-28(20-27)25-16-11-8-12-17-25)22(4)29-21(3)24-14-9-7-10-15-24/h5-20H,1-3H2,4H3/b23-13+,29-22?. The van der Waals surface area contributed by atoms with Gasteiger partial charge in [-0.3, -0.25) is 4.99 Å². The van der Waals surface area contributed by atoms with Crippen molar-refractivity contribution in [2.75, 3.05) is 0 Å². The molecule has 0 aliphatic carbocycles. The lowest BCUT2D eigenvalue weighted by Crippen LogP contribution is -1.98. The SMILES string of the molecule is C=C/C=C(\C=C)c1cc(C(C)=NC(=C)c2ccccc2)cc(-c2ccccc2)c1. The van der Waals surface area contributed by atoms with E-state index in [9.17, 15) is 0 Å². The second-order valence-electron chi connectivity index (χ2n) is 6.74. The fraction of sp³-hybridized carbons (Fsp3) is 0.0357. The lowest BCUT2D eigenvalue weighted by molar-refractivity contribution is 1.47. The van der Waals surface area contributed by atoms with E-state index in [1.807, 2.05) is 67.6 Å². The van der Waals surface area contributed by atoms with Gasteiger partial charge in [0.1, 0.15) is 0 Å². The first-order valence-corrected chi connectivity index (χ1v) is 9.58. The zero-order valence-electron chi connectivity index (χ0n) is 16.8. The lowest BCUT2D eigenvalue weighted by Gasteiger charge is -2.12. The van der Waals surface area contributed by atoms with E-state index in [4.69, 9.17) is 4.99 Å². The molecule has 1 nitrogen and oxygen atoms in total. The summed E-state index contributed by atoms with van der Waals surface area (Å²) in [7, 11) is 0. The summed E-state index contributed by atoms with van der Waals surface area (Å²) in [6, 6.07) is 26.9. The van der Waals surface area contributed by atoms with Gasteiger partial charge in [0.15, 0.2) is 0 Å². The van der Waals surface area contributed by atoms with Gasteiger partial charge in [0.05, 0.1) is 5.70 Å². The van der Waals surface area contributed by atoms with Gasteiger partial charge in [-0.05, 0) is 58.5 Å². The van der Waals surface area contributed by atoms with E-state index in [1.54, 1.807) is 6.08 Å². The van der Waals surface area contributed by atoms with Gasteiger partial charge >= 0.3 is 0 Å². The summed E-state index contributed by atoms with van der Waals surface area (Å²) >= 11 is 0. The quantitative estimate of drug-likeness (QED) is 0.298. The Hall–Kier alpha value is -3.71. The molecule has 0 saturated heterocycles. The number of hydrogen-bond donors (Lipinski definition) is 0. The molecule has 0 unspecified atom stereocenters. The highest BCUT2D eigenvalue weighted by Gasteiger charge is 2.08. The predicted octanol–water partition coefficient (Wildman–Crippen LogP) is 7.59. The number of rotatable bonds is 7. The van der Waals surface area contributed by atoms with Crippen LogP contribution < -0.4 is 0 Å². The molecule has 0 aliphatic heterocycles. The van der Waals surface area contributed by atoms with Gasteiger partial charge in [0, 0.05) is 5.71 Å². The zero-order valence-corrected chi connectivity index (χ0v) is 16.8. The van der Waals surface area contributed by atoms with Gasteiger partial charge < -0.3 is 0 Å². The van der Waals surface area contributed by atoms with Gasteiger partial charge in [-0.25, -0.2) is 0 Å². The largest absolute Gasteiger partial charge is 0.253 e. The molecule has 0 spiro atoms. The van der Waals surface area contributed by atoms with Crippen molar-refractivity contribution < 1.29 is 0 Å². The molecule has 142 valence electrons. The Balaban J connectivity index is 2.11. The number of benzene rings is 3. The Morgan fingerprint density at radius 2 is 1.38 bits per heavy atom. The van der Waals surface area contributed by atoms with E-state index in [0.29, 0.717) is 0 Å². The van der Waals surface area contributed by atoms with Crippen LogP contribution in [0.2, 0.25) is 0 Å². The Morgan fingerprint density at radius 3 is 2.00 bits per heavy atom. The molecule has 0 N–H and O–H groups in total. The molecule has 0 heterocycles. The normalized spacial score (nSPS) is 11.8. The van der Waals surface area contributed by atoms with E-state index in [2.05, 4.69) is 50.1 Å². The Labute approximate surface area is 173 Å². The third kappa shape index (κ3) is 4.97. The van der Waals surface area contributed by atoms with E-state index < -0.39 is 0 Å². The first kappa shape index (κ1) is 20.0. The maximum Gasteiger partial charge on any atom is 0.0633 e. The minimum atomic E-state index is 0.750. The first-order chi connectivity index (χ1) is 14.1. The molecule has 3 aromatic rings. The van der Waals surface area contributed by atoms with Crippen molar-refractivity contribution in [3.8, 4) is 11.1 Å². The smallest absolute Gasteiger partial charge is 0.0633 e. The summed E-state index contributed by atoms with van der Waals surface area (Å²) in [4.78, 5) is 4.78. The van der Waals surface area contributed by atoms with Crippen LogP contribution in [-0.2, 0) is 0 Å². The van der Waals surface area contributed by atoms with E-state index in [1.165, 1.54) is 0 Å². The van der Waals surface area contributed by atoms with Crippen LogP contribution >= 0.6 is 0 Å². The van der Waals surface area contributed by atoms with Crippen LogP contribution in [0.4, 0.5) is 0 Å². The molecule has 1 heteroatoms. The van der Waals surface area contributed by atoms with Crippen molar-refractivity contribution >= 4 is 17.0 Å². The van der Waals surface area contributed by atoms with Crippen LogP contribution in [0.1, 0.15) is 23.6 Å². The molecule has 0 radical (unpaired) electrons. The summed E-state index contributed by atoms with van der Waals surface area (Å²) in [5.41, 5.74) is 8.13. The van der Waals surface area contributed by atoms with Crippen molar-refractivity contribution in [3.63, 3.8) is 0 Å². The number of allylic oxidation sites excluding steroid dienone is 4. The lowest BCUT2D eigenvalue weighted by atomic mass is 9.94. The highest BCUT2D eigenvalue weighted by atomic mass is 14.7. The fourth-order valence-corrected chi connectivity index (χ4v) is 3.17. The third-order valence-electron chi connectivity index (χ3n) is 4.72. The van der Waals surface area contributed by atoms with E-state index in [-0.39, 0.29) is 0 Å².